The molecule has 7 heteroatoms. The lowest BCUT2D eigenvalue weighted by molar-refractivity contribution is -0.147. The Morgan fingerprint density at radius 1 is 0.929 bits per heavy atom. The molecule has 1 saturated carbocycles. The second-order valence-electron chi connectivity index (χ2n) is 6.83. The van der Waals surface area contributed by atoms with Crippen molar-refractivity contribution in [3.8, 4) is 0 Å². The zero-order valence-corrected chi connectivity index (χ0v) is 15.9. The Bertz CT molecular complexity index is 899. The SMILES string of the molecule is O=C(Nc1cccc(Cl)c1)c1ccccc1NC(=O)[C@H]1CCCC[C@H]1C(=O)O. The van der Waals surface area contributed by atoms with Gasteiger partial charge in [0.2, 0.25) is 5.91 Å². The number of aliphatic carboxylic acids is 1. The number of amides is 2. The van der Waals surface area contributed by atoms with Gasteiger partial charge in [-0.25, -0.2) is 0 Å². The summed E-state index contributed by atoms with van der Waals surface area (Å²) in [4.78, 5) is 36.9. The molecule has 2 aromatic rings. The summed E-state index contributed by atoms with van der Waals surface area (Å²) in [6.45, 7) is 0. The average molecular weight is 401 g/mol. The lowest BCUT2D eigenvalue weighted by atomic mass is 9.78. The van der Waals surface area contributed by atoms with Gasteiger partial charge < -0.3 is 15.7 Å². The first-order chi connectivity index (χ1) is 13.5. The number of hydrogen-bond donors (Lipinski definition) is 3. The van der Waals surface area contributed by atoms with E-state index in [0.29, 0.717) is 34.8 Å². The number of carboxylic acids is 1. The van der Waals surface area contributed by atoms with Crippen LogP contribution in [0.2, 0.25) is 5.02 Å². The summed E-state index contributed by atoms with van der Waals surface area (Å²) in [6, 6.07) is 13.4. The van der Waals surface area contributed by atoms with Crippen molar-refractivity contribution in [2.24, 2.45) is 11.8 Å². The first kappa shape index (κ1) is 19.9. The Balaban J connectivity index is 1.77. The smallest absolute Gasteiger partial charge is 0.307 e. The van der Waals surface area contributed by atoms with Crippen LogP contribution in [0.4, 0.5) is 11.4 Å². The summed E-state index contributed by atoms with van der Waals surface area (Å²) in [5, 5.41) is 15.4. The predicted octanol–water partition coefficient (Wildman–Crippen LogP) is 4.42. The summed E-state index contributed by atoms with van der Waals surface area (Å²) in [5.41, 5.74) is 1.18. The molecule has 1 fully saturated rings. The van der Waals surface area contributed by atoms with Crippen molar-refractivity contribution >= 4 is 40.8 Å². The molecule has 0 aliphatic heterocycles. The lowest BCUT2D eigenvalue weighted by Gasteiger charge is -2.27. The molecule has 0 spiro atoms. The fraction of sp³-hybridized carbons (Fsp3) is 0.286. The Kier molecular flexibility index (Phi) is 6.31. The third-order valence-corrected chi connectivity index (χ3v) is 5.17. The molecule has 0 aromatic heterocycles. The van der Waals surface area contributed by atoms with Gasteiger partial charge in [-0.15, -0.1) is 0 Å². The second kappa shape index (κ2) is 8.89. The van der Waals surface area contributed by atoms with Crippen LogP contribution in [0.5, 0.6) is 0 Å². The number of para-hydroxylation sites is 1. The minimum atomic E-state index is -0.952. The van der Waals surface area contributed by atoms with Gasteiger partial charge in [0, 0.05) is 10.7 Å². The Morgan fingerprint density at radius 3 is 2.36 bits per heavy atom. The highest BCUT2D eigenvalue weighted by molar-refractivity contribution is 6.31. The van der Waals surface area contributed by atoms with Crippen LogP contribution >= 0.6 is 11.6 Å². The predicted molar refractivity (Wildman–Crippen MR) is 108 cm³/mol. The Labute approximate surface area is 167 Å². The second-order valence-corrected chi connectivity index (χ2v) is 7.27. The number of hydrogen-bond acceptors (Lipinski definition) is 3. The molecule has 6 nitrogen and oxygen atoms in total. The van der Waals surface area contributed by atoms with Gasteiger partial charge in [-0.05, 0) is 43.2 Å². The number of carbonyl (C=O) groups is 3. The van der Waals surface area contributed by atoms with Gasteiger partial charge in [0.1, 0.15) is 0 Å². The minimum absolute atomic E-state index is 0.290. The molecule has 3 N–H and O–H groups in total. The molecule has 0 radical (unpaired) electrons. The van der Waals surface area contributed by atoms with Crippen molar-refractivity contribution in [3.63, 3.8) is 0 Å². The zero-order valence-electron chi connectivity index (χ0n) is 15.2. The summed E-state index contributed by atoms with van der Waals surface area (Å²) >= 11 is 5.94. The van der Waals surface area contributed by atoms with E-state index in [0.717, 1.165) is 12.8 Å². The van der Waals surface area contributed by atoms with Crippen LogP contribution in [-0.4, -0.2) is 22.9 Å². The quantitative estimate of drug-likeness (QED) is 0.692. The van der Waals surface area contributed by atoms with Gasteiger partial charge in [0.15, 0.2) is 0 Å². The maximum Gasteiger partial charge on any atom is 0.307 e. The van der Waals surface area contributed by atoms with Crippen molar-refractivity contribution in [2.75, 3.05) is 10.6 Å². The molecule has 1 aliphatic carbocycles. The van der Waals surface area contributed by atoms with Crippen LogP contribution in [0, 0.1) is 11.8 Å². The normalized spacial score (nSPS) is 18.9. The molecule has 1 aliphatic rings. The highest BCUT2D eigenvalue weighted by Gasteiger charge is 2.36. The summed E-state index contributed by atoms with van der Waals surface area (Å²) in [6.07, 6.45) is 2.64. The fourth-order valence-electron chi connectivity index (χ4n) is 3.52. The van der Waals surface area contributed by atoms with Crippen molar-refractivity contribution in [1.29, 1.82) is 0 Å². The van der Waals surface area contributed by atoms with E-state index >= 15 is 0 Å². The topological polar surface area (TPSA) is 95.5 Å². The van der Waals surface area contributed by atoms with E-state index in [1.807, 2.05) is 0 Å². The van der Waals surface area contributed by atoms with Crippen molar-refractivity contribution in [3.05, 3.63) is 59.1 Å². The van der Waals surface area contributed by atoms with Crippen LogP contribution in [0.1, 0.15) is 36.0 Å². The molecule has 3 rings (SSSR count). The summed E-state index contributed by atoms with van der Waals surface area (Å²) < 4.78 is 0. The molecule has 0 heterocycles. The van der Waals surface area contributed by atoms with Crippen LogP contribution in [0.3, 0.4) is 0 Å². The molecular weight excluding hydrogens is 380 g/mol. The molecule has 0 unspecified atom stereocenters. The average Bonchev–Trinajstić information content (AvgIpc) is 2.68. The van der Waals surface area contributed by atoms with Crippen LogP contribution in [0.25, 0.3) is 0 Å². The number of nitrogens with one attached hydrogen (secondary N) is 2. The number of benzene rings is 2. The van der Waals surface area contributed by atoms with Gasteiger partial charge >= 0.3 is 5.97 Å². The van der Waals surface area contributed by atoms with Crippen molar-refractivity contribution < 1.29 is 19.5 Å². The maximum atomic E-state index is 12.7. The van der Waals surface area contributed by atoms with Gasteiger partial charge in [0.05, 0.1) is 23.1 Å². The van der Waals surface area contributed by atoms with E-state index in [4.69, 9.17) is 11.6 Å². The number of rotatable bonds is 5. The third kappa shape index (κ3) is 4.70. The highest BCUT2D eigenvalue weighted by atomic mass is 35.5. The maximum absolute atomic E-state index is 12.7. The van der Waals surface area contributed by atoms with Crippen LogP contribution in [-0.2, 0) is 9.59 Å². The molecule has 2 atom stereocenters. The Morgan fingerprint density at radius 2 is 1.64 bits per heavy atom. The van der Waals surface area contributed by atoms with E-state index in [1.165, 1.54) is 0 Å². The highest BCUT2D eigenvalue weighted by Crippen LogP contribution is 2.31. The molecular formula is C21H21ClN2O4. The van der Waals surface area contributed by atoms with E-state index in [2.05, 4.69) is 10.6 Å². The van der Waals surface area contributed by atoms with Gasteiger partial charge in [-0.1, -0.05) is 42.6 Å². The van der Waals surface area contributed by atoms with E-state index < -0.39 is 23.7 Å². The zero-order chi connectivity index (χ0) is 20.1. The van der Waals surface area contributed by atoms with E-state index in [9.17, 15) is 19.5 Å². The third-order valence-electron chi connectivity index (χ3n) is 4.93. The molecule has 0 bridgehead atoms. The van der Waals surface area contributed by atoms with Crippen LogP contribution in [0.15, 0.2) is 48.5 Å². The summed E-state index contributed by atoms with van der Waals surface area (Å²) in [7, 11) is 0. The summed E-state index contributed by atoms with van der Waals surface area (Å²) in [5.74, 6) is -3.00. The number of carboxylic acid groups (broad SMARTS) is 1. The number of halogens is 1. The fourth-order valence-corrected chi connectivity index (χ4v) is 3.71. The van der Waals surface area contributed by atoms with E-state index in [1.54, 1.807) is 48.5 Å². The van der Waals surface area contributed by atoms with E-state index in [-0.39, 0.29) is 5.91 Å². The molecule has 2 amide bonds. The minimum Gasteiger partial charge on any atom is -0.481 e. The molecule has 2 aromatic carbocycles. The Hall–Kier alpha value is -2.86. The van der Waals surface area contributed by atoms with Crippen molar-refractivity contribution in [2.45, 2.75) is 25.7 Å². The van der Waals surface area contributed by atoms with Crippen molar-refractivity contribution in [1.82, 2.24) is 0 Å². The first-order valence-electron chi connectivity index (χ1n) is 9.15. The van der Waals surface area contributed by atoms with Gasteiger partial charge in [-0.3, -0.25) is 14.4 Å². The van der Waals surface area contributed by atoms with Crippen LogP contribution < -0.4 is 10.6 Å². The monoisotopic (exact) mass is 400 g/mol. The number of carbonyl (C=O) groups excluding carboxylic acids is 2. The van der Waals surface area contributed by atoms with Gasteiger partial charge in [-0.2, -0.15) is 0 Å². The lowest BCUT2D eigenvalue weighted by Crippen LogP contribution is -2.36. The largest absolute Gasteiger partial charge is 0.481 e. The first-order valence-corrected chi connectivity index (χ1v) is 9.53. The van der Waals surface area contributed by atoms with Gasteiger partial charge in [0.25, 0.3) is 5.91 Å². The molecule has 146 valence electrons. The standard InChI is InChI=1S/C21H21ClN2O4/c22-13-6-5-7-14(12-13)23-20(26)17-10-3-4-11-18(17)24-19(25)15-8-1-2-9-16(15)21(27)28/h3-7,10-12,15-16H,1-2,8-9H2,(H,23,26)(H,24,25)(H,27,28)/t15-,16+/m0/s1. The molecule has 0 saturated heterocycles. The number of anilines is 2. The molecule has 28 heavy (non-hydrogen) atoms.